The minimum absolute atomic E-state index is 0.0893. The van der Waals surface area contributed by atoms with Gasteiger partial charge in [0.2, 0.25) is 5.88 Å². The Morgan fingerprint density at radius 1 is 1.35 bits per heavy atom. The van der Waals surface area contributed by atoms with Crippen LogP contribution in [-0.4, -0.2) is 16.2 Å². The zero-order valence-corrected chi connectivity index (χ0v) is 9.52. The maximum atomic E-state index is 11.8. The fraction of sp³-hybridized carbons (Fsp3) is 0.167. The van der Waals surface area contributed by atoms with Crippen molar-refractivity contribution in [1.82, 2.24) is 5.16 Å². The lowest BCUT2D eigenvalue weighted by Crippen LogP contribution is -2.11. The molecule has 0 saturated heterocycles. The molecule has 2 aromatic rings. The van der Waals surface area contributed by atoms with E-state index >= 15 is 0 Å². The summed E-state index contributed by atoms with van der Waals surface area (Å²) in [5.74, 6) is 0.0235. The van der Waals surface area contributed by atoms with E-state index < -0.39 is 0 Å². The smallest absolute Gasteiger partial charge is 0.258 e. The van der Waals surface area contributed by atoms with Gasteiger partial charge in [0.1, 0.15) is 5.75 Å². The highest BCUT2D eigenvalue weighted by Crippen LogP contribution is 2.18. The predicted molar refractivity (Wildman–Crippen MR) is 62.0 cm³/mol. The molecule has 1 amide bonds. The van der Waals surface area contributed by atoms with Gasteiger partial charge in [0, 0.05) is 11.6 Å². The van der Waals surface area contributed by atoms with Gasteiger partial charge < -0.3 is 9.63 Å². The summed E-state index contributed by atoms with van der Waals surface area (Å²) in [4.78, 5) is 11.8. The van der Waals surface area contributed by atoms with Crippen LogP contribution in [0.1, 0.15) is 21.6 Å². The van der Waals surface area contributed by atoms with E-state index in [4.69, 9.17) is 4.52 Å². The van der Waals surface area contributed by atoms with Gasteiger partial charge in [-0.1, -0.05) is 11.2 Å². The molecule has 0 fully saturated rings. The predicted octanol–water partition coefficient (Wildman–Crippen LogP) is 2.25. The van der Waals surface area contributed by atoms with Crippen molar-refractivity contribution >= 4 is 11.8 Å². The molecule has 1 heterocycles. The van der Waals surface area contributed by atoms with Crippen LogP contribution in [0.3, 0.4) is 0 Å². The topological polar surface area (TPSA) is 75.4 Å². The van der Waals surface area contributed by atoms with Crippen LogP contribution in [0.2, 0.25) is 0 Å². The Morgan fingerprint density at radius 3 is 2.71 bits per heavy atom. The summed E-state index contributed by atoms with van der Waals surface area (Å²) in [5.41, 5.74) is 1.77. The monoisotopic (exact) mass is 232 g/mol. The van der Waals surface area contributed by atoms with Crippen LogP contribution in [0.15, 0.2) is 28.8 Å². The van der Waals surface area contributed by atoms with Crippen LogP contribution in [0.4, 0.5) is 5.88 Å². The molecule has 0 aliphatic rings. The number of carbonyl (C=O) groups excluding carboxylic acids is 1. The number of anilines is 1. The fourth-order valence-electron chi connectivity index (χ4n) is 1.36. The number of amides is 1. The van der Waals surface area contributed by atoms with E-state index in [1.807, 2.05) is 0 Å². The van der Waals surface area contributed by atoms with Gasteiger partial charge in [0.25, 0.3) is 5.91 Å². The lowest BCUT2D eigenvalue weighted by Gasteiger charge is -2.03. The first-order chi connectivity index (χ1) is 8.06. The molecule has 0 saturated carbocycles. The Balaban J connectivity index is 2.17. The Hall–Kier alpha value is -2.30. The second kappa shape index (κ2) is 4.29. The number of nitrogens with one attached hydrogen (secondary N) is 1. The van der Waals surface area contributed by atoms with Gasteiger partial charge in [-0.25, -0.2) is 0 Å². The Bertz CT molecular complexity index is 561. The Kier molecular flexibility index (Phi) is 2.82. The molecule has 0 unspecified atom stereocenters. The molecule has 2 N–H and O–H groups in total. The molecule has 0 bridgehead atoms. The second-order valence-electron chi connectivity index (χ2n) is 3.79. The minimum atomic E-state index is -0.351. The second-order valence-corrected chi connectivity index (χ2v) is 3.79. The number of benzene rings is 1. The van der Waals surface area contributed by atoms with Gasteiger partial charge in [-0.15, -0.1) is 0 Å². The minimum Gasteiger partial charge on any atom is -0.508 e. The highest BCUT2D eigenvalue weighted by Gasteiger charge is 2.10. The number of hydrogen-bond acceptors (Lipinski definition) is 4. The van der Waals surface area contributed by atoms with E-state index in [0.717, 1.165) is 5.56 Å². The van der Waals surface area contributed by atoms with Gasteiger partial charge in [-0.3, -0.25) is 10.1 Å². The van der Waals surface area contributed by atoms with Crippen molar-refractivity contribution in [2.45, 2.75) is 13.8 Å². The first-order valence-electron chi connectivity index (χ1n) is 5.10. The van der Waals surface area contributed by atoms with Crippen molar-refractivity contribution < 1.29 is 14.4 Å². The first-order valence-corrected chi connectivity index (χ1v) is 5.10. The average Bonchev–Trinajstić information content (AvgIpc) is 2.68. The number of nitrogens with zero attached hydrogens (tertiary/aromatic N) is 1. The van der Waals surface area contributed by atoms with Crippen LogP contribution in [0, 0.1) is 13.8 Å². The highest BCUT2D eigenvalue weighted by atomic mass is 16.5. The van der Waals surface area contributed by atoms with Crippen molar-refractivity contribution in [2.75, 3.05) is 5.32 Å². The number of phenols is 1. The molecule has 0 aliphatic carbocycles. The maximum absolute atomic E-state index is 11.8. The van der Waals surface area contributed by atoms with Gasteiger partial charge in [0.05, 0.1) is 5.69 Å². The molecule has 1 aromatic carbocycles. The van der Waals surface area contributed by atoms with Gasteiger partial charge in [-0.05, 0) is 31.5 Å². The summed E-state index contributed by atoms with van der Waals surface area (Å²) >= 11 is 0. The lowest BCUT2D eigenvalue weighted by molar-refractivity contribution is 0.102. The van der Waals surface area contributed by atoms with E-state index in [2.05, 4.69) is 10.5 Å². The number of rotatable bonds is 2. The van der Waals surface area contributed by atoms with Crippen LogP contribution in [-0.2, 0) is 0 Å². The number of phenolic OH excluding ortho intramolecular Hbond substituents is 1. The van der Waals surface area contributed by atoms with E-state index in [1.165, 1.54) is 6.07 Å². The summed E-state index contributed by atoms with van der Waals surface area (Å²) in [6.45, 7) is 3.52. The molecule has 5 heteroatoms. The number of aromatic hydroxyl groups is 1. The van der Waals surface area contributed by atoms with Crippen molar-refractivity contribution in [3.63, 3.8) is 0 Å². The fourth-order valence-corrected chi connectivity index (χ4v) is 1.36. The molecule has 2 rings (SSSR count). The largest absolute Gasteiger partial charge is 0.508 e. The highest BCUT2D eigenvalue weighted by molar-refractivity contribution is 6.03. The van der Waals surface area contributed by atoms with Crippen molar-refractivity contribution in [3.05, 3.63) is 41.1 Å². The molecule has 17 heavy (non-hydrogen) atoms. The molecule has 0 radical (unpaired) electrons. The zero-order valence-electron chi connectivity index (χ0n) is 9.52. The summed E-state index contributed by atoms with van der Waals surface area (Å²) in [6, 6.07) is 6.34. The van der Waals surface area contributed by atoms with E-state index in [1.54, 1.807) is 32.0 Å². The molecular weight excluding hydrogens is 220 g/mol. The van der Waals surface area contributed by atoms with E-state index in [-0.39, 0.29) is 17.5 Å². The maximum Gasteiger partial charge on any atom is 0.258 e. The van der Waals surface area contributed by atoms with E-state index in [0.29, 0.717) is 11.3 Å². The molecule has 88 valence electrons. The summed E-state index contributed by atoms with van der Waals surface area (Å²) in [7, 11) is 0. The van der Waals surface area contributed by atoms with Crippen LogP contribution < -0.4 is 5.32 Å². The summed E-state index contributed by atoms with van der Waals surface area (Å²) in [5, 5.41) is 15.7. The third-order valence-corrected chi connectivity index (χ3v) is 2.34. The standard InChI is InChI=1S/C12H12N2O3/c1-7-3-4-9(6-10(7)15)12(16)13-11-5-8(2)14-17-11/h3-6,15H,1-2H3,(H,13,16). The molecule has 0 spiro atoms. The molecule has 0 aliphatic heterocycles. The third kappa shape index (κ3) is 2.44. The lowest BCUT2D eigenvalue weighted by atomic mass is 10.1. The summed E-state index contributed by atoms with van der Waals surface area (Å²) < 4.78 is 4.87. The number of aromatic nitrogens is 1. The van der Waals surface area contributed by atoms with Crippen molar-refractivity contribution in [2.24, 2.45) is 0 Å². The Labute approximate surface area is 98.1 Å². The van der Waals surface area contributed by atoms with Crippen molar-refractivity contribution in [1.29, 1.82) is 0 Å². The van der Waals surface area contributed by atoms with Gasteiger partial charge in [-0.2, -0.15) is 0 Å². The molecule has 5 nitrogen and oxygen atoms in total. The molecular formula is C12H12N2O3. The first kappa shape index (κ1) is 11.2. The quantitative estimate of drug-likeness (QED) is 0.832. The van der Waals surface area contributed by atoms with Crippen LogP contribution in [0.25, 0.3) is 0 Å². The normalized spacial score (nSPS) is 10.2. The van der Waals surface area contributed by atoms with Crippen LogP contribution >= 0.6 is 0 Å². The van der Waals surface area contributed by atoms with Gasteiger partial charge >= 0.3 is 0 Å². The van der Waals surface area contributed by atoms with Crippen molar-refractivity contribution in [3.8, 4) is 5.75 Å². The molecule has 1 aromatic heterocycles. The Morgan fingerprint density at radius 2 is 2.12 bits per heavy atom. The van der Waals surface area contributed by atoms with E-state index in [9.17, 15) is 9.90 Å². The number of aryl methyl sites for hydroxylation is 2. The summed E-state index contributed by atoms with van der Waals surface area (Å²) in [6.07, 6.45) is 0. The number of hydrogen-bond donors (Lipinski definition) is 2. The SMILES string of the molecule is Cc1cc(NC(=O)c2ccc(C)c(O)c2)on1. The molecule has 0 atom stereocenters. The van der Waals surface area contributed by atoms with Gasteiger partial charge in [0.15, 0.2) is 0 Å². The van der Waals surface area contributed by atoms with Crippen LogP contribution in [0.5, 0.6) is 5.75 Å². The average molecular weight is 232 g/mol. The third-order valence-electron chi connectivity index (χ3n) is 2.34. The number of carbonyl (C=O) groups is 1. The zero-order chi connectivity index (χ0) is 12.4.